The fourth-order valence-corrected chi connectivity index (χ4v) is 3.75. The monoisotopic (exact) mass is 310 g/mol. The van der Waals surface area contributed by atoms with Crippen molar-refractivity contribution in [1.82, 2.24) is 19.4 Å². The summed E-state index contributed by atoms with van der Waals surface area (Å²) < 4.78 is 2.43. The Hall–Kier alpha value is -1.81. The number of imidazole rings is 1. The van der Waals surface area contributed by atoms with Crippen molar-refractivity contribution in [2.24, 2.45) is 0 Å². The van der Waals surface area contributed by atoms with Crippen LogP contribution < -0.4 is 0 Å². The highest BCUT2D eigenvalue weighted by molar-refractivity contribution is 5.81. The lowest BCUT2D eigenvalue weighted by molar-refractivity contribution is 0.130. The number of nitrogens with zero attached hydrogens (tertiary/aromatic N) is 4. The summed E-state index contributed by atoms with van der Waals surface area (Å²) in [5.74, 6) is 1.24. The first-order valence-corrected chi connectivity index (χ1v) is 8.73. The molecule has 0 atom stereocenters. The van der Waals surface area contributed by atoms with Crippen molar-refractivity contribution >= 4 is 16.7 Å². The number of hydrogen-bond acceptors (Lipinski definition) is 3. The molecule has 1 aromatic heterocycles. The van der Waals surface area contributed by atoms with Crippen molar-refractivity contribution in [2.45, 2.75) is 38.3 Å². The van der Waals surface area contributed by atoms with Gasteiger partial charge >= 0.3 is 0 Å². The van der Waals surface area contributed by atoms with Gasteiger partial charge in [0.1, 0.15) is 5.82 Å². The van der Waals surface area contributed by atoms with Gasteiger partial charge in [-0.05, 0) is 30.5 Å². The molecule has 2 aromatic rings. The molecule has 0 spiro atoms. The molecule has 1 aliphatic carbocycles. The van der Waals surface area contributed by atoms with Crippen LogP contribution in [0, 0.1) is 0 Å². The van der Waals surface area contributed by atoms with Crippen molar-refractivity contribution in [2.75, 3.05) is 27.2 Å². The third kappa shape index (κ3) is 2.55. The van der Waals surface area contributed by atoms with Crippen molar-refractivity contribution < 1.29 is 0 Å². The average Bonchev–Trinajstić information content (AvgIpc) is 2.71. The Morgan fingerprint density at radius 2 is 2.04 bits per heavy atom. The van der Waals surface area contributed by atoms with Gasteiger partial charge in [0.15, 0.2) is 0 Å². The summed E-state index contributed by atoms with van der Waals surface area (Å²) >= 11 is 0. The molecule has 0 unspecified atom stereocenters. The maximum atomic E-state index is 4.89. The molecule has 0 saturated heterocycles. The van der Waals surface area contributed by atoms with E-state index in [0.29, 0.717) is 0 Å². The van der Waals surface area contributed by atoms with Gasteiger partial charge in [-0.1, -0.05) is 19.1 Å². The molecule has 2 heterocycles. The maximum absolute atomic E-state index is 4.89. The van der Waals surface area contributed by atoms with Crippen LogP contribution in [0.1, 0.15) is 30.7 Å². The Bertz CT molecular complexity index is 739. The zero-order valence-corrected chi connectivity index (χ0v) is 14.3. The molecule has 0 amide bonds. The van der Waals surface area contributed by atoms with Gasteiger partial charge < -0.3 is 9.47 Å². The predicted molar refractivity (Wildman–Crippen MR) is 95.4 cm³/mol. The van der Waals surface area contributed by atoms with Crippen LogP contribution in [0.25, 0.3) is 16.7 Å². The molecular formula is C19H26N4. The summed E-state index contributed by atoms with van der Waals surface area (Å²) in [6.45, 7) is 7.56. The predicted octanol–water partition coefficient (Wildman–Crippen LogP) is 2.98. The number of fused-ring (bicyclic) bond motifs is 3. The number of aromatic nitrogens is 2. The van der Waals surface area contributed by atoms with Gasteiger partial charge in [-0.2, -0.15) is 0 Å². The van der Waals surface area contributed by atoms with Gasteiger partial charge in [0.2, 0.25) is 0 Å². The van der Waals surface area contributed by atoms with Crippen molar-refractivity contribution in [3.05, 3.63) is 36.2 Å². The van der Waals surface area contributed by atoms with E-state index in [0.717, 1.165) is 43.3 Å². The van der Waals surface area contributed by atoms with E-state index in [9.17, 15) is 0 Å². The van der Waals surface area contributed by atoms with Crippen molar-refractivity contribution in [1.29, 1.82) is 0 Å². The zero-order valence-electron chi connectivity index (χ0n) is 14.3. The first-order valence-electron chi connectivity index (χ1n) is 8.73. The van der Waals surface area contributed by atoms with Gasteiger partial charge in [-0.15, -0.1) is 0 Å². The van der Waals surface area contributed by atoms with Crippen molar-refractivity contribution in [3.8, 4) is 0 Å². The van der Waals surface area contributed by atoms with Crippen LogP contribution >= 0.6 is 0 Å². The maximum Gasteiger partial charge on any atom is 0.111 e. The Labute approximate surface area is 138 Å². The van der Waals surface area contributed by atoms with E-state index in [2.05, 4.69) is 39.1 Å². The molecule has 122 valence electrons. The van der Waals surface area contributed by atoms with Crippen LogP contribution in [-0.4, -0.2) is 52.6 Å². The molecule has 1 aliphatic heterocycles. The Balaban J connectivity index is 1.66. The van der Waals surface area contributed by atoms with Crippen LogP contribution in [-0.2, 0) is 13.0 Å². The molecule has 1 saturated carbocycles. The molecule has 1 fully saturated rings. The molecule has 0 radical (unpaired) electrons. The zero-order chi connectivity index (χ0) is 16.0. The second-order valence-electron chi connectivity index (χ2n) is 7.09. The quantitative estimate of drug-likeness (QED) is 0.871. The number of benzene rings is 1. The first-order chi connectivity index (χ1) is 11.1. The largest absolute Gasteiger partial charge is 0.378 e. The molecular weight excluding hydrogens is 284 g/mol. The van der Waals surface area contributed by atoms with Crippen molar-refractivity contribution in [3.63, 3.8) is 0 Å². The highest BCUT2D eigenvalue weighted by Gasteiger charge is 2.27. The molecule has 4 heteroatoms. The lowest BCUT2D eigenvalue weighted by Gasteiger charge is -2.36. The SMILES string of the molecule is C=C(c1ccc2nc3n(c2c1)CCN(C1CCC1)CC3)N(C)C. The minimum atomic E-state index is 0.829. The second kappa shape index (κ2) is 5.68. The van der Waals surface area contributed by atoms with E-state index >= 15 is 0 Å². The highest BCUT2D eigenvalue weighted by atomic mass is 15.2. The van der Waals surface area contributed by atoms with Gasteiger partial charge in [-0.25, -0.2) is 4.98 Å². The molecule has 2 aliphatic rings. The average molecular weight is 310 g/mol. The summed E-state index contributed by atoms with van der Waals surface area (Å²) in [5, 5.41) is 0. The lowest BCUT2D eigenvalue weighted by atomic mass is 9.91. The lowest BCUT2D eigenvalue weighted by Crippen LogP contribution is -2.41. The first kappa shape index (κ1) is 14.8. The second-order valence-corrected chi connectivity index (χ2v) is 7.09. The van der Waals surface area contributed by atoms with Crippen LogP contribution in [0.5, 0.6) is 0 Å². The van der Waals surface area contributed by atoms with Gasteiger partial charge in [0, 0.05) is 51.9 Å². The number of hydrogen-bond donors (Lipinski definition) is 0. The smallest absolute Gasteiger partial charge is 0.111 e. The number of rotatable bonds is 3. The van der Waals surface area contributed by atoms with E-state index in [4.69, 9.17) is 4.98 Å². The van der Waals surface area contributed by atoms with Gasteiger partial charge in [-0.3, -0.25) is 4.90 Å². The van der Waals surface area contributed by atoms with Gasteiger partial charge in [0.25, 0.3) is 0 Å². The summed E-state index contributed by atoms with van der Waals surface area (Å²) in [4.78, 5) is 9.63. The minimum absolute atomic E-state index is 0.829. The van der Waals surface area contributed by atoms with E-state index in [1.54, 1.807) is 0 Å². The fourth-order valence-electron chi connectivity index (χ4n) is 3.75. The van der Waals surface area contributed by atoms with E-state index < -0.39 is 0 Å². The van der Waals surface area contributed by atoms with Crippen LogP contribution in [0.2, 0.25) is 0 Å². The molecule has 4 rings (SSSR count). The van der Waals surface area contributed by atoms with Crippen LogP contribution in [0.15, 0.2) is 24.8 Å². The molecule has 23 heavy (non-hydrogen) atoms. The Kier molecular flexibility index (Phi) is 3.64. The third-order valence-corrected chi connectivity index (χ3v) is 5.52. The van der Waals surface area contributed by atoms with Gasteiger partial charge in [0.05, 0.1) is 11.0 Å². The summed E-state index contributed by atoms with van der Waals surface area (Å²) in [7, 11) is 4.08. The Morgan fingerprint density at radius 3 is 2.74 bits per heavy atom. The van der Waals surface area contributed by atoms with Crippen LogP contribution in [0.4, 0.5) is 0 Å². The minimum Gasteiger partial charge on any atom is -0.378 e. The van der Waals surface area contributed by atoms with E-state index in [-0.39, 0.29) is 0 Å². The fraction of sp³-hybridized carbons (Fsp3) is 0.526. The molecule has 0 bridgehead atoms. The standard InChI is InChI=1S/C19H26N4/c1-14(21(2)3)15-7-8-17-18(13-15)23-12-11-22(16-5-4-6-16)10-9-19(23)20-17/h7-8,13,16H,1,4-6,9-12H2,2-3H3. The topological polar surface area (TPSA) is 24.3 Å². The van der Waals surface area contributed by atoms with E-state index in [1.807, 2.05) is 14.1 Å². The summed E-state index contributed by atoms with van der Waals surface area (Å²) in [6, 6.07) is 7.37. The Morgan fingerprint density at radius 1 is 1.22 bits per heavy atom. The third-order valence-electron chi connectivity index (χ3n) is 5.52. The van der Waals surface area contributed by atoms with E-state index in [1.165, 1.54) is 36.2 Å². The van der Waals surface area contributed by atoms with Crippen LogP contribution in [0.3, 0.4) is 0 Å². The summed E-state index contributed by atoms with van der Waals surface area (Å²) in [5.41, 5.74) is 4.61. The highest BCUT2D eigenvalue weighted by Crippen LogP contribution is 2.28. The molecule has 0 N–H and O–H groups in total. The normalized spacial score (nSPS) is 19.2. The summed E-state index contributed by atoms with van der Waals surface area (Å²) in [6.07, 6.45) is 5.24. The molecule has 4 nitrogen and oxygen atoms in total. The molecule has 1 aromatic carbocycles.